The molecule has 1 amide bonds. The number of hydrogen-bond acceptors (Lipinski definition) is 6. The summed E-state index contributed by atoms with van der Waals surface area (Å²) in [4.78, 5) is 37.8. The normalized spacial score (nSPS) is 23.0. The summed E-state index contributed by atoms with van der Waals surface area (Å²) in [6.45, 7) is 2.09. The van der Waals surface area contributed by atoms with Crippen molar-refractivity contribution in [3.8, 4) is 0 Å². The molecule has 3 N–H and O–H groups in total. The van der Waals surface area contributed by atoms with E-state index in [4.69, 9.17) is 15.1 Å². The lowest BCUT2D eigenvalue weighted by Gasteiger charge is -2.47. The predicted molar refractivity (Wildman–Crippen MR) is 153 cm³/mol. The van der Waals surface area contributed by atoms with E-state index in [0.717, 1.165) is 31.9 Å². The van der Waals surface area contributed by atoms with Crippen molar-refractivity contribution in [3.05, 3.63) is 53.4 Å². The molecular weight excluding hydrogens is 622 g/mol. The lowest BCUT2D eigenvalue weighted by Crippen LogP contribution is -2.48. The molecule has 2 unspecified atom stereocenters. The number of aromatic amines is 1. The number of fused-ring (bicyclic) bond motifs is 4. The van der Waals surface area contributed by atoms with Crippen molar-refractivity contribution in [1.29, 1.82) is 5.41 Å². The van der Waals surface area contributed by atoms with Crippen LogP contribution in [0.3, 0.4) is 0 Å². The Morgan fingerprint density at radius 1 is 1.26 bits per heavy atom. The van der Waals surface area contributed by atoms with Gasteiger partial charge in [0.25, 0.3) is 5.91 Å². The standard InChI is InChI=1S/C26H28FIN6O3S/c1-3-37-26(36)21-14-6-4-13(5-7-14)20(21)22(18-8-9-19(32-18)25(35)30-2)33-23(29)17-12-34(38-28)24-16(17)10-15(27)11-31-24/h8-14,20-21,29,32H,3-7H2,1-2H3,(H,30,35). The van der Waals surface area contributed by atoms with Gasteiger partial charge >= 0.3 is 5.97 Å². The van der Waals surface area contributed by atoms with Gasteiger partial charge in [0.15, 0.2) is 11.5 Å². The summed E-state index contributed by atoms with van der Waals surface area (Å²) in [5.41, 5.74) is 2.45. The van der Waals surface area contributed by atoms with Crippen LogP contribution in [-0.2, 0) is 9.53 Å². The van der Waals surface area contributed by atoms with Crippen LogP contribution >= 0.6 is 30.3 Å². The molecule has 2 bridgehead atoms. The molecule has 200 valence electrons. The number of nitrogens with one attached hydrogen (secondary N) is 3. The average molecular weight is 651 g/mol. The lowest BCUT2D eigenvalue weighted by molar-refractivity contribution is -0.156. The van der Waals surface area contributed by atoms with Crippen molar-refractivity contribution in [1.82, 2.24) is 19.3 Å². The van der Waals surface area contributed by atoms with E-state index in [2.05, 4.69) is 36.5 Å². The second kappa shape index (κ2) is 11.2. The number of aliphatic imine (C=N–C) groups is 1. The van der Waals surface area contributed by atoms with Gasteiger partial charge in [-0.2, -0.15) is 0 Å². The molecule has 3 heterocycles. The Bertz CT molecular complexity index is 1430. The largest absolute Gasteiger partial charge is 0.466 e. The zero-order valence-corrected chi connectivity index (χ0v) is 23.9. The van der Waals surface area contributed by atoms with E-state index >= 15 is 0 Å². The average Bonchev–Trinajstić information content (AvgIpc) is 3.56. The number of rotatable bonds is 7. The van der Waals surface area contributed by atoms with Gasteiger partial charge in [-0.05, 0) is 62.6 Å². The number of hydrogen-bond donors (Lipinski definition) is 3. The number of aromatic nitrogens is 3. The van der Waals surface area contributed by atoms with Crippen LogP contribution in [0, 0.1) is 34.9 Å². The number of halogens is 2. The number of carbonyl (C=O) groups is 2. The zero-order chi connectivity index (χ0) is 27.0. The van der Waals surface area contributed by atoms with E-state index in [0.29, 0.717) is 33.7 Å². The van der Waals surface area contributed by atoms with Crippen molar-refractivity contribution in [3.63, 3.8) is 0 Å². The quantitative estimate of drug-likeness (QED) is 0.141. The van der Waals surface area contributed by atoms with Crippen molar-refractivity contribution in [2.75, 3.05) is 13.7 Å². The smallest absolute Gasteiger partial charge is 0.309 e. The molecule has 3 fully saturated rings. The second-order valence-electron chi connectivity index (χ2n) is 9.65. The maximum Gasteiger partial charge on any atom is 0.309 e. The third-order valence-corrected chi connectivity index (χ3v) is 9.37. The molecule has 12 heteroatoms. The fourth-order valence-electron chi connectivity index (χ4n) is 6.02. The minimum Gasteiger partial charge on any atom is -0.466 e. The van der Waals surface area contributed by atoms with E-state index in [-0.39, 0.29) is 48.0 Å². The number of pyridine rings is 1. The summed E-state index contributed by atoms with van der Waals surface area (Å²) in [6, 6.07) is 4.80. The van der Waals surface area contributed by atoms with Crippen LogP contribution < -0.4 is 5.32 Å². The molecule has 0 spiro atoms. The number of ether oxygens (including phenoxy) is 1. The van der Waals surface area contributed by atoms with Crippen LogP contribution in [0.2, 0.25) is 0 Å². The van der Waals surface area contributed by atoms with Crippen LogP contribution in [-0.4, -0.2) is 51.0 Å². The third kappa shape index (κ3) is 4.88. The molecule has 2 atom stereocenters. The van der Waals surface area contributed by atoms with Crippen LogP contribution in [0.1, 0.15) is 54.4 Å². The topological polar surface area (TPSA) is 125 Å². The van der Waals surface area contributed by atoms with E-state index in [9.17, 15) is 14.0 Å². The molecular formula is C26H28FIN6O3S. The number of carbonyl (C=O) groups excluding carboxylic acids is 2. The zero-order valence-electron chi connectivity index (χ0n) is 21.0. The monoisotopic (exact) mass is 650 g/mol. The van der Waals surface area contributed by atoms with Crippen LogP contribution in [0.4, 0.5) is 4.39 Å². The summed E-state index contributed by atoms with van der Waals surface area (Å²) in [5.74, 6) is -1.38. The van der Waals surface area contributed by atoms with E-state index < -0.39 is 5.82 Å². The first-order valence-corrected chi connectivity index (χ1v) is 15.9. The third-order valence-electron chi connectivity index (χ3n) is 7.67. The highest BCUT2D eigenvalue weighted by atomic mass is 127. The van der Waals surface area contributed by atoms with Gasteiger partial charge in [0.2, 0.25) is 0 Å². The fraction of sp³-hybridized carbons (Fsp3) is 0.423. The van der Waals surface area contributed by atoms with Crippen LogP contribution in [0.25, 0.3) is 11.0 Å². The number of nitrogens with zero attached hydrogens (tertiary/aromatic N) is 3. The van der Waals surface area contributed by atoms with Crippen LogP contribution in [0.15, 0.2) is 35.6 Å². The highest BCUT2D eigenvalue weighted by Crippen LogP contribution is 2.50. The van der Waals surface area contributed by atoms with E-state index in [1.54, 1.807) is 36.3 Å². The maximum atomic E-state index is 14.2. The van der Waals surface area contributed by atoms with Gasteiger partial charge < -0.3 is 15.0 Å². The van der Waals surface area contributed by atoms with Gasteiger partial charge in [-0.1, -0.05) is 0 Å². The first-order valence-electron chi connectivity index (χ1n) is 12.6. The molecule has 0 aliphatic heterocycles. The number of esters is 1. The molecule has 0 saturated heterocycles. The van der Waals surface area contributed by atoms with Crippen molar-refractivity contribution >= 4 is 64.8 Å². The van der Waals surface area contributed by atoms with Gasteiger partial charge in [-0.15, -0.1) is 0 Å². The summed E-state index contributed by atoms with van der Waals surface area (Å²) in [6.07, 6.45) is 6.69. The second-order valence-corrected chi connectivity index (χ2v) is 11.4. The predicted octanol–water partition coefficient (Wildman–Crippen LogP) is 5.14. The van der Waals surface area contributed by atoms with E-state index in [1.165, 1.54) is 15.2 Å². The molecule has 3 aromatic heterocycles. The SMILES string of the molecule is CCOC(=O)C1C2CCC(CC2)C1C(=NC(=N)c1cn(SI)c2ncc(F)cc12)c1ccc(C(=O)NC)[nH]1. The highest BCUT2D eigenvalue weighted by molar-refractivity contribution is 14.2. The molecule has 0 aromatic carbocycles. The Balaban J connectivity index is 1.65. The van der Waals surface area contributed by atoms with Crippen molar-refractivity contribution in [2.24, 2.45) is 28.7 Å². The molecule has 3 saturated carbocycles. The summed E-state index contributed by atoms with van der Waals surface area (Å²) in [5, 5.41) is 12.1. The summed E-state index contributed by atoms with van der Waals surface area (Å²) in [7, 11) is 2.91. The van der Waals surface area contributed by atoms with Crippen LogP contribution in [0.5, 0.6) is 0 Å². The first-order chi connectivity index (χ1) is 18.4. The van der Waals surface area contributed by atoms with Crippen molar-refractivity contribution in [2.45, 2.75) is 32.6 Å². The molecule has 9 nitrogen and oxygen atoms in total. The van der Waals surface area contributed by atoms with E-state index in [1.807, 2.05) is 0 Å². The lowest BCUT2D eigenvalue weighted by atomic mass is 9.57. The molecule has 3 aliphatic rings. The molecule has 3 aromatic rings. The minimum absolute atomic E-state index is 0.0678. The van der Waals surface area contributed by atoms with Gasteiger partial charge in [0, 0.05) is 60.4 Å². The van der Waals surface area contributed by atoms with Gasteiger partial charge in [-0.25, -0.2) is 14.4 Å². The molecule has 3 aliphatic carbocycles. The Morgan fingerprint density at radius 3 is 2.61 bits per heavy atom. The van der Waals surface area contributed by atoms with Gasteiger partial charge in [0.1, 0.15) is 11.5 Å². The first kappa shape index (κ1) is 26.9. The Labute approximate surface area is 235 Å². The Hall–Kier alpha value is -2.74. The summed E-state index contributed by atoms with van der Waals surface area (Å²) >= 11 is 2.10. The molecule has 38 heavy (non-hydrogen) atoms. The number of H-pyrrole nitrogens is 1. The van der Waals surface area contributed by atoms with Gasteiger partial charge in [0.05, 0.1) is 30.1 Å². The Kier molecular flexibility index (Phi) is 7.89. The molecule has 6 rings (SSSR count). The van der Waals surface area contributed by atoms with Gasteiger partial charge in [-0.3, -0.25) is 19.0 Å². The van der Waals surface area contributed by atoms with Crippen molar-refractivity contribution < 1.29 is 18.7 Å². The Morgan fingerprint density at radius 2 is 1.95 bits per heavy atom. The summed E-state index contributed by atoms with van der Waals surface area (Å²) < 4.78 is 21.4. The minimum atomic E-state index is -0.501. The number of amides is 1. The molecule has 0 radical (unpaired) electrons. The maximum absolute atomic E-state index is 14.2. The highest BCUT2D eigenvalue weighted by Gasteiger charge is 2.50. The fourth-order valence-corrected chi connectivity index (χ4v) is 7.28. The number of amidine groups is 1.